The fourth-order valence-electron chi connectivity index (χ4n) is 2.03. The molecule has 0 aliphatic carbocycles. The van der Waals surface area contributed by atoms with Gasteiger partial charge in [-0.2, -0.15) is 0 Å². The van der Waals surface area contributed by atoms with Crippen LogP contribution in [0.1, 0.15) is 46.1 Å². The molecular weight excluding hydrogens is 344 g/mol. The normalized spacial score (nSPS) is 11.2. The molecule has 25 heavy (non-hydrogen) atoms. The number of carboxylic acids is 1. The van der Waals surface area contributed by atoms with E-state index in [9.17, 15) is 14.4 Å². The molecule has 2 heterocycles. The molecule has 0 fully saturated rings. The Morgan fingerprint density at radius 3 is 2.60 bits per heavy atom. The molecule has 2 rings (SSSR count). The van der Waals surface area contributed by atoms with Crippen LogP contribution in [-0.2, 0) is 4.79 Å². The standard InChI is InChI=1S/C17H20N2O5S/c1-10-9-12(19-14(20)11-5-4-8-24-11)25-13(10)15(21)18-7-6-17(2,3)16(22)23/h4-5,8-9H,6-7H2,1-3H3,(H,18,21)(H,19,20)(H,22,23). The number of aliphatic carboxylic acids is 1. The van der Waals surface area contributed by atoms with Crippen molar-refractivity contribution in [1.82, 2.24) is 5.32 Å². The van der Waals surface area contributed by atoms with Gasteiger partial charge in [0, 0.05) is 6.54 Å². The highest BCUT2D eigenvalue weighted by Gasteiger charge is 2.27. The van der Waals surface area contributed by atoms with E-state index >= 15 is 0 Å². The fraction of sp³-hybridized carbons (Fsp3) is 0.353. The summed E-state index contributed by atoms with van der Waals surface area (Å²) in [5, 5.41) is 15.0. The maximum Gasteiger partial charge on any atom is 0.309 e. The number of hydrogen-bond acceptors (Lipinski definition) is 5. The SMILES string of the molecule is Cc1cc(NC(=O)c2ccco2)sc1C(=O)NCCC(C)(C)C(=O)O. The minimum atomic E-state index is -0.906. The highest BCUT2D eigenvalue weighted by Crippen LogP contribution is 2.27. The van der Waals surface area contributed by atoms with E-state index in [-0.39, 0.29) is 24.1 Å². The molecule has 0 radical (unpaired) electrons. The van der Waals surface area contributed by atoms with Crippen molar-refractivity contribution in [3.63, 3.8) is 0 Å². The predicted octanol–water partition coefficient (Wildman–Crippen LogP) is 3.13. The molecule has 0 aromatic carbocycles. The van der Waals surface area contributed by atoms with Gasteiger partial charge in [0.25, 0.3) is 11.8 Å². The van der Waals surface area contributed by atoms with E-state index in [1.54, 1.807) is 39.0 Å². The summed E-state index contributed by atoms with van der Waals surface area (Å²) in [6.07, 6.45) is 1.73. The van der Waals surface area contributed by atoms with E-state index in [4.69, 9.17) is 9.52 Å². The van der Waals surface area contributed by atoms with Crippen molar-refractivity contribution in [2.45, 2.75) is 27.2 Å². The van der Waals surface area contributed by atoms with Crippen molar-refractivity contribution < 1.29 is 23.9 Å². The van der Waals surface area contributed by atoms with Gasteiger partial charge in [-0.25, -0.2) is 0 Å². The van der Waals surface area contributed by atoms with Gasteiger partial charge in [-0.1, -0.05) is 0 Å². The van der Waals surface area contributed by atoms with Crippen molar-refractivity contribution in [2.24, 2.45) is 5.41 Å². The molecule has 0 unspecified atom stereocenters. The summed E-state index contributed by atoms with van der Waals surface area (Å²) in [4.78, 5) is 35.8. The summed E-state index contributed by atoms with van der Waals surface area (Å²) in [5.41, 5.74) is -0.172. The van der Waals surface area contributed by atoms with Crippen molar-refractivity contribution in [3.8, 4) is 0 Å². The van der Waals surface area contributed by atoms with Crippen LogP contribution in [-0.4, -0.2) is 29.4 Å². The number of nitrogens with one attached hydrogen (secondary N) is 2. The van der Waals surface area contributed by atoms with Crippen LogP contribution < -0.4 is 10.6 Å². The van der Waals surface area contributed by atoms with Crippen LogP contribution in [0.3, 0.4) is 0 Å². The monoisotopic (exact) mass is 364 g/mol. The Morgan fingerprint density at radius 2 is 2.00 bits per heavy atom. The van der Waals surface area contributed by atoms with Crippen LogP contribution in [0.25, 0.3) is 0 Å². The zero-order valence-corrected chi connectivity index (χ0v) is 15.0. The van der Waals surface area contributed by atoms with Gasteiger partial charge < -0.3 is 20.2 Å². The zero-order chi connectivity index (χ0) is 18.6. The van der Waals surface area contributed by atoms with Gasteiger partial charge in [0.1, 0.15) is 0 Å². The Bertz CT molecular complexity index is 777. The number of rotatable bonds is 7. The summed E-state index contributed by atoms with van der Waals surface area (Å²) in [5.74, 6) is -1.39. The quantitative estimate of drug-likeness (QED) is 0.699. The number of thiophene rings is 1. The van der Waals surface area contributed by atoms with Crippen LogP contribution in [0.4, 0.5) is 5.00 Å². The van der Waals surface area contributed by atoms with E-state index in [1.165, 1.54) is 6.26 Å². The van der Waals surface area contributed by atoms with E-state index in [0.29, 0.717) is 16.3 Å². The van der Waals surface area contributed by atoms with Crippen LogP contribution in [0.5, 0.6) is 0 Å². The average molecular weight is 364 g/mol. The predicted molar refractivity (Wildman–Crippen MR) is 94.1 cm³/mol. The van der Waals surface area contributed by atoms with Crippen LogP contribution >= 0.6 is 11.3 Å². The third kappa shape index (κ3) is 4.69. The molecule has 2 aromatic rings. The lowest BCUT2D eigenvalue weighted by atomic mass is 9.90. The molecule has 0 atom stereocenters. The number of carboxylic acid groups (broad SMARTS) is 1. The largest absolute Gasteiger partial charge is 0.481 e. The molecule has 3 N–H and O–H groups in total. The number of carbonyl (C=O) groups excluding carboxylic acids is 2. The lowest BCUT2D eigenvalue weighted by Crippen LogP contribution is -2.31. The van der Waals surface area contributed by atoms with Crippen LogP contribution in [0.15, 0.2) is 28.9 Å². The highest BCUT2D eigenvalue weighted by molar-refractivity contribution is 7.18. The molecule has 134 valence electrons. The molecule has 2 amide bonds. The first-order valence-corrected chi connectivity index (χ1v) is 8.49. The maximum absolute atomic E-state index is 12.3. The number of furan rings is 1. The second-order valence-corrected chi connectivity index (χ2v) is 7.30. The third-order valence-corrected chi connectivity index (χ3v) is 4.87. The van der Waals surface area contributed by atoms with Crippen molar-refractivity contribution in [1.29, 1.82) is 0 Å². The van der Waals surface area contributed by atoms with Crippen LogP contribution in [0, 0.1) is 12.3 Å². The molecule has 0 aliphatic rings. The van der Waals surface area contributed by atoms with E-state index < -0.39 is 11.4 Å². The van der Waals surface area contributed by atoms with Gasteiger partial charge in [-0.15, -0.1) is 11.3 Å². The molecule has 7 nitrogen and oxygen atoms in total. The third-order valence-electron chi connectivity index (χ3n) is 3.72. The summed E-state index contributed by atoms with van der Waals surface area (Å²) in [6, 6.07) is 4.88. The molecule has 0 bridgehead atoms. The van der Waals surface area contributed by atoms with E-state index in [2.05, 4.69) is 10.6 Å². The Balaban J connectivity index is 1.96. The Kier molecular flexibility index (Phi) is 5.63. The summed E-state index contributed by atoms with van der Waals surface area (Å²) < 4.78 is 5.02. The molecule has 0 saturated heterocycles. The first kappa shape index (κ1) is 18.7. The lowest BCUT2D eigenvalue weighted by molar-refractivity contribution is -0.147. The van der Waals surface area contributed by atoms with Gasteiger partial charge >= 0.3 is 5.97 Å². The number of carbonyl (C=O) groups is 3. The fourth-order valence-corrected chi connectivity index (χ4v) is 3.01. The van der Waals surface area contributed by atoms with E-state index in [1.807, 2.05) is 0 Å². The number of hydrogen-bond donors (Lipinski definition) is 3. The summed E-state index contributed by atoms with van der Waals surface area (Å²) in [6.45, 7) is 5.25. The van der Waals surface area contributed by atoms with Crippen molar-refractivity contribution in [3.05, 3.63) is 40.7 Å². The number of aryl methyl sites for hydroxylation is 1. The second kappa shape index (κ2) is 7.52. The first-order chi connectivity index (χ1) is 11.7. The van der Waals surface area contributed by atoms with Crippen molar-refractivity contribution in [2.75, 3.05) is 11.9 Å². The van der Waals surface area contributed by atoms with Gasteiger partial charge in [0.15, 0.2) is 5.76 Å². The first-order valence-electron chi connectivity index (χ1n) is 7.67. The van der Waals surface area contributed by atoms with Gasteiger partial charge in [-0.3, -0.25) is 14.4 Å². The number of amides is 2. The molecular formula is C17H20N2O5S. The lowest BCUT2D eigenvalue weighted by Gasteiger charge is -2.18. The summed E-state index contributed by atoms with van der Waals surface area (Å²) >= 11 is 1.16. The van der Waals surface area contributed by atoms with Gasteiger partial charge in [0.05, 0.1) is 21.6 Å². The van der Waals surface area contributed by atoms with Gasteiger partial charge in [-0.05, 0) is 51.0 Å². The highest BCUT2D eigenvalue weighted by atomic mass is 32.1. The molecule has 0 saturated carbocycles. The van der Waals surface area contributed by atoms with E-state index in [0.717, 1.165) is 16.9 Å². The molecule has 2 aromatic heterocycles. The topological polar surface area (TPSA) is 109 Å². The zero-order valence-electron chi connectivity index (χ0n) is 14.2. The van der Waals surface area contributed by atoms with Gasteiger partial charge in [0.2, 0.25) is 0 Å². The second-order valence-electron chi connectivity index (χ2n) is 6.25. The molecule has 0 spiro atoms. The Morgan fingerprint density at radius 1 is 1.28 bits per heavy atom. The Hall–Kier alpha value is -2.61. The minimum absolute atomic E-state index is 0.188. The van der Waals surface area contributed by atoms with Crippen molar-refractivity contribution >= 4 is 34.1 Å². The minimum Gasteiger partial charge on any atom is -0.481 e. The summed E-state index contributed by atoms with van der Waals surface area (Å²) in [7, 11) is 0. The maximum atomic E-state index is 12.3. The molecule has 0 aliphatic heterocycles. The average Bonchev–Trinajstić information content (AvgIpc) is 3.16. The Labute approximate surface area is 149 Å². The number of anilines is 1. The molecule has 8 heteroatoms. The smallest absolute Gasteiger partial charge is 0.309 e. The van der Waals surface area contributed by atoms with Crippen LogP contribution in [0.2, 0.25) is 0 Å².